The van der Waals surface area contributed by atoms with Crippen LogP contribution in [0.4, 0.5) is 0 Å². The fourth-order valence-electron chi connectivity index (χ4n) is 6.94. The maximum Gasteiger partial charge on any atom is 0.311 e. The highest BCUT2D eigenvalue weighted by molar-refractivity contribution is 5.79. The van der Waals surface area contributed by atoms with Gasteiger partial charge >= 0.3 is 11.9 Å². The minimum absolute atomic E-state index is 0.0259. The van der Waals surface area contributed by atoms with Crippen molar-refractivity contribution in [3.05, 3.63) is 35.4 Å². The lowest BCUT2D eigenvalue weighted by Gasteiger charge is -2.40. The first-order valence-corrected chi connectivity index (χ1v) is 16.7. The van der Waals surface area contributed by atoms with Gasteiger partial charge in [0.25, 0.3) is 0 Å². The van der Waals surface area contributed by atoms with Crippen molar-refractivity contribution in [1.82, 2.24) is 14.7 Å². The highest BCUT2D eigenvalue weighted by Gasteiger charge is 2.44. The Kier molecular flexibility index (Phi) is 12.6. The second-order valence-corrected chi connectivity index (χ2v) is 14.9. The number of rotatable bonds is 17. The van der Waals surface area contributed by atoms with Gasteiger partial charge in [0.05, 0.1) is 18.4 Å². The summed E-state index contributed by atoms with van der Waals surface area (Å²) in [5, 5.41) is 0. The Morgan fingerprint density at radius 2 is 1.56 bits per heavy atom. The summed E-state index contributed by atoms with van der Waals surface area (Å²) in [6, 6.07) is 8.26. The average Bonchev–Trinajstić information content (AvgIpc) is 3.58. The predicted molar refractivity (Wildman–Crippen MR) is 176 cm³/mol. The number of nitrogens with zero attached hydrogens (tertiary/aromatic N) is 3. The molecule has 2 aliphatic heterocycles. The van der Waals surface area contributed by atoms with E-state index < -0.39 is 16.2 Å². The van der Waals surface area contributed by atoms with E-state index in [-0.39, 0.29) is 42.8 Å². The van der Waals surface area contributed by atoms with Gasteiger partial charge in [-0.05, 0) is 69.7 Å². The third-order valence-electron chi connectivity index (χ3n) is 9.61. The molecule has 0 saturated carbocycles. The van der Waals surface area contributed by atoms with Gasteiger partial charge in [0, 0.05) is 43.9 Å². The maximum atomic E-state index is 13.8. The SMILES string of the molecule is CCC(CC(C)(CC(C)(C)c1cccc(C(C)(C)CC(=O)OCCN2CCCC2=O)c1)C(=O)OCCN(C)C)N1CCCC1=O. The van der Waals surface area contributed by atoms with Crippen LogP contribution in [0.3, 0.4) is 0 Å². The normalized spacial score (nSPS) is 18.0. The van der Waals surface area contributed by atoms with Gasteiger partial charge in [-0.2, -0.15) is 0 Å². The molecule has 0 N–H and O–H groups in total. The van der Waals surface area contributed by atoms with Crippen LogP contribution in [0.25, 0.3) is 0 Å². The molecule has 2 fully saturated rings. The number of esters is 2. The largest absolute Gasteiger partial charge is 0.464 e. The lowest BCUT2D eigenvalue weighted by molar-refractivity contribution is -0.158. The van der Waals surface area contributed by atoms with Crippen molar-refractivity contribution in [3.8, 4) is 0 Å². The van der Waals surface area contributed by atoms with Crippen LogP contribution in [0.2, 0.25) is 0 Å². The van der Waals surface area contributed by atoms with Gasteiger partial charge in [0.15, 0.2) is 0 Å². The van der Waals surface area contributed by atoms with E-state index in [2.05, 4.69) is 32.9 Å². The Bertz CT molecular complexity index is 1190. The fourth-order valence-corrected chi connectivity index (χ4v) is 6.94. The van der Waals surface area contributed by atoms with Crippen LogP contribution >= 0.6 is 0 Å². The second kappa shape index (κ2) is 15.6. The van der Waals surface area contributed by atoms with Crippen LogP contribution in [-0.2, 0) is 39.5 Å². The molecule has 2 unspecified atom stereocenters. The van der Waals surface area contributed by atoms with E-state index in [0.717, 1.165) is 43.5 Å². The van der Waals surface area contributed by atoms with E-state index in [0.29, 0.717) is 45.4 Å². The van der Waals surface area contributed by atoms with Crippen molar-refractivity contribution in [3.63, 3.8) is 0 Å². The first-order valence-electron chi connectivity index (χ1n) is 16.7. The molecule has 2 heterocycles. The van der Waals surface area contributed by atoms with Crippen LogP contribution in [0.15, 0.2) is 24.3 Å². The Balaban J connectivity index is 1.76. The minimum atomic E-state index is -0.814. The molecule has 1 aromatic rings. The maximum absolute atomic E-state index is 13.8. The van der Waals surface area contributed by atoms with E-state index in [1.165, 1.54) is 0 Å². The number of carbonyl (C=O) groups excluding carboxylic acids is 4. The standard InChI is InChI=1S/C36H57N3O6/c1-9-29(39-18-12-16-31(39)41)24-36(6,33(43)45-21-19-37(7)8)26-35(4,5)28-14-10-13-27(23-28)34(2,3)25-32(42)44-22-20-38-17-11-15-30(38)40/h10,13-14,23,29H,9,11-12,15-22,24-26H2,1-8H3. The molecule has 2 amide bonds. The minimum Gasteiger partial charge on any atom is -0.464 e. The summed E-state index contributed by atoms with van der Waals surface area (Å²) in [5.74, 6) is -0.218. The highest BCUT2D eigenvalue weighted by Crippen LogP contribution is 2.43. The van der Waals surface area contributed by atoms with Crippen molar-refractivity contribution in [2.24, 2.45) is 5.41 Å². The summed E-state index contributed by atoms with van der Waals surface area (Å²) < 4.78 is 11.4. The first-order chi connectivity index (χ1) is 21.1. The zero-order valence-electron chi connectivity index (χ0n) is 29.1. The molecule has 252 valence electrons. The number of likely N-dealkylation sites (N-methyl/N-ethyl adjacent to an activating group) is 1. The molecule has 3 rings (SSSR count). The van der Waals surface area contributed by atoms with Gasteiger partial charge in [0.2, 0.25) is 11.8 Å². The number of benzene rings is 1. The molecule has 45 heavy (non-hydrogen) atoms. The number of ether oxygens (including phenoxy) is 2. The molecule has 0 radical (unpaired) electrons. The quantitative estimate of drug-likeness (QED) is 0.222. The third-order valence-corrected chi connectivity index (χ3v) is 9.61. The monoisotopic (exact) mass is 627 g/mol. The van der Waals surface area contributed by atoms with Crippen molar-refractivity contribution in [2.75, 3.05) is 53.5 Å². The summed E-state index contributed by atoms with van der Waals surface area (Å²) in [6.07, 6.45) is 4.94. The zero-order chi connectivity index (χ0) is 33.4. The van der Waals surface area contributed by atoms with Crippen LogP contribution in [0.1, 0.15) is 104 Å². The number of carbonyl (C=O) groups is 4. The molecule has 9 nitrogen and oxygen atoms in total. The topological polar surface area (TPSA) is 96.5 Å². The Morgan fingerprint density at radius 1 is 0.911 bits per heavy atom. The molecule has 0 spiro atoms. The summed E-state index contributed by atoms with van der Waals surface area (Å²) in [6.45, 7) is 15.5. The molecule has 2 saturated heterocycles. The van der Waals surface area contributed by atoms with Gasteiger partial charge < -0.3 is 24.2 Å². The Morgan fingerprint density at radius 3 is 2.13 bits per heavy atom. The van der Waals surface area contributed by atoms with Crippen LogP contribution in [-0.4, -0.2) is 98.0 Å². The Hall–Kier alpha value is -2.94. The van der Waals surface area contributed by atoms with E-state index in [9.17, 15) is 19.2 Å². The van der Waals surface area contributed by atoms with Crippen molar-refractivity contribution in [2.45, 2.75) is 110 Å². The fraction of sp³-hybridized carbons (Fsp3) is 0.722. The molecule has 0 aliphatic carbocycles. The summed E-state index contributed by atoms with van der Waals surface area (Å²) in [7, 11) is 3.90. The summed E-state index contributed by atoms with van der Waals surface area (Å²) in [5.41, 5.74) is 0.392. The van der Waals surface area contributed by atoms with E-state index >= 15 is 0 Å². The summed E-state index contributed by atoms with van der Waals surface area (Å²) in [4.78, 5) is 56.9. The molecule has 2 atom stereocenters. The molecule has 0 bridgehead atoms. The molecule has 1 aromatic carbocycles. The van der Waals surface area contributed by atoms with Crippen LogP contribution < -0.4 is 0 Å². The third kappa shape index (κ3) is 10.0. The Labute approximate surface area is 271 Å². The number of amides is 2. The van der Waals surface area contributed by atoms with Crippen molar-refractivity contribution >= 4 is 23.8 Å². The van der Waals surface area contributed by atoms with Gasteiger partial charge in [-0.3, -0.25) is 19.2 Å². The molecular weight excluding hydrogens is 570 g/mol. The first kappa shape index (κ1) is 36.5. The molecule has 9 heteroatoms. The average molecular weight is 628 g/mol. The second-order valence-electron chi connectivity index (χ2n) is 14.9. The number of likely N-dealkylation sites (tertiary alicyclic amines) is 2. The predicted octanol–water partition coefficient (Wildman–Crippen LogP) is 5.09. The number of hydrogen-bond acceptors (Lipinski definition) is 7. The zero-order valence-corrected chi connectivity index (χ0v) is 29.1. The molecular formula is C36H57N3O6. The highest BCUT2D eigenvalue weighted by atomic mass is 16.5. The van der Waals surface area contributed by atoms with Gasteiger partial charge in [-0.1, -0.05) is 58.9 Å². The van der Waals surface area contributed by atoms with E-state index in [4.69, 9.17) is 9.47 Å². The molecule has 0 aromatic heterocycles. The van der Waals surface area contributed by atoms with Gasteiger partial charge in [-0.15, -0.1) is 0 Å². The van der Waals surface area contributed by atoms with Gasteiger partial charge in [-0.25, -0.2) is 0 Å². The van der Waals surface area contributed by atoms with Crippen LogP contribution in [0, 0.1) is 5.41 Å². The van der Waals surface area contributed by atoms with Crippen LogP contribution in [0.5, 0.6) is 0 Å². The van der Waals surface area contributed by atoms with E-state index in [1.807, 2.05) is 56.8 Å². The van der Waals surface area contributed by atoms with Gasteiger partial charge in [0.1, 0.15) is 13.2 Å². The lowest BCUT2D eigenvalue weighted by Crippen LogP contribution is -2.45. The van der Waals surface area contributed by atoms with E-state index in [1.54, 1.807) is 4.90 Å². The number of hydrogen-bond donors (Lipinski definition) is 0. The molecule has 2 aliphatic rings. The van der Waals surface area contributed by atoms with Crippen molar-refractivity contribution in [1.29, 1.82) is 0 Å². The smallest absolute Gasteiger partial charge is 0.311 e. The summed E-state index contributed by atoms with van der Waals surface area (Å²) >= 11 is 0. The lowest BCUT2D eigenvalue weighted by atomic mass is 9.67. The van der Waals surface area contributed by atoms with Crippen molar-refractivity contribution < 1.29 is 28.7 Å².